The lowest BCUT2D eigenvalue weighted by atomic mass is 9.98. The summed E-state index contributed by atoms with van der Waals surface area (Å²) in [5.74, 6) is 1.04. The van der Waals surface area contributed by atoms with E-state index in [0.717, 1.165) is 5.69 Å². The lowest BCUT2D eigenvalue weighted by Gasteiger charge is -2.16. The van der Waals surface area contributed by atoms with Crippen LogP contribution >= 0.6 is 0 Å². The van der Waals surface area contributed by atoms with Gasteiger partial charge in [-0.3, -0.25) is 0 Å². The largest absolute Gasteiger partial charge is 0.338 e. The summed E-state index contributed by atoms with van der Waals surface area (Å²) in [6.45, 7) is 9.25. The molecular formula is C16H27N3O. The van der Waals surface area contributed by atoms with E-state index in [9.17, 15) is 4.79 Å². The molecule has 0 aliphatic carbocycles. The minimum Gasteiger partial charge on any atom is -0.338 e. The van der Waals surface area contributed by atoms with Crippen LogP contribution in [0.2, 0.25) is 0 Å². The van der Waals surface area contributed by atoms with Crippen molar-refractivity contribution >= 4 is 11.7 Å². The molecule has 2 atom stereocenters. The maximum absolute atomic E-state index is 11.8. The monoisotopic (exact) mass is 277 g/mol. The summed E-state index contributed by atoms with van der Waals surface area (Å²) >= 11 is 0. The topological polar surface area (TPSA) is 53.2 Å². The summed E-state index contributed by atoms with van der Waals surface area (Å²) < 4.78 is 0. The number of rotatable bonds is 6. The predicted molar refractivity (Wildman–Crippen MR) is 84.9 cm³/mol. The van der Waals surface area contributed by atoms with Crippen LogP contribution in [0.1, 0.15) is 39.3 Å². The van der Waals surface area contributed by atoms with Gasteiger partial charge in [-0.2, -0.15) is 0 Å². The normalized spacial score (nSPS) is 13.9. The fourth-order valence-corrected chi connectivity index (χ4v) is 1.69. The van der Waals surface area contributed by atoms with Crippen molar-refractivity contribution in [3.63, 3.8) is 0 Å². The lowest BCUT2D eigenvalue weighted by Crippen LogP contribution is -2.33. The van der Waals surface area contributed by atoms with E-state index in [1.54, 1.807) is 0 Å². The van der Waals surface area contributed by atoms with Gasteiger partial charge in [0.15, 0.2) is 0 Å². The summed E-state index contributed by atoms with van der Waals surface area (Å²) in [7, 11) is 1.93. The second kappa shape index (κ2) is 7.90. The molecule has 0 bridgehead atoms. The molecule has 4 nitrogen and oxygen atoms in total. The van der Waals surface area contributed by atoms with Gasteiger partial charge in [0.2, 0.25) is 0 Å². The lowest BCUT2D eigenvalue weighted by molar-refractivity contribution is 0.249. The molecule has 3 N–H and O–H groups in total. The Kier molecular flexibility index (Phi) is 6.52. The molecule has 20 heavy (non-hydrogen) atoms. The Bertz CT molecular complexity index is 414. The molecule has 1 rings (SSSR count). The highest BCUT2D eigenvalue weighted by molar-refractivity contribution is 5.89. The van der Waals surface area contributed by atoms with E-state index in [0.29, 0.717) is 24.4 Å². The number of carbonyl (C=O) groups is 1. The third-order valence-corrected chi connectivity index (χ3v) is 3.82. The minimum absolute atomic E-state index is 0.146. The average molecular weight is 277 g/mol. The number of hydrogen-bond donors (Lipinski definition) is 3. The van der Waals surface area contributed by atoms with Gasteiger partial charge in [-0.05, 0) is 43.5 Å². The smallest absolute Gasteiger partial charge is 0.319 e. The molecule has 2 amide bonds. The molecule has 2 unspecified atom stereocenters. The summed E-state index contributed by atoms with van der Waals surface area (Å²) in [5, 5.41) is 8.93. The van der Waals surface area contributed by atoms with Gasteiger partial charge in [-0.25, -0.2) is 4.79 Å². The molecule has 1 aromatic carbocycles. The van der Waals surface area contributed by atoms with Gasteiger partial charge in [-0.1, -0.05) is 32.9 Å². The maximum Gasteiger partial charge on any atom is 0.319 e. The first-order chi connectivity index (χ1) is 9.43. The Balaban J connectivity index is 2.46. The third-order valence-electron chi connectivity index (χ3n) is 3.82. The Morgan fingerprint density at radius 3 is 2.20 bits per heavy atom. The van der Waals surface area contributed by atoms with Crippen LogP contribution in [0.15, 0.2) is 24.3 Å². The van der Waals surface area contributed by atoms with Crippen LogP contribution in [0, 0.1) is 11.8 Å². The first kappa shape index (κ1) is 16.5. The summed E-state index contributed by atoms with van der Waals surface area (Å²) in [6, 6.07) is 8.06. The van der Waals surface area contributed by atoms with E-state index in [1.165, 1.54) is 5.56 Å². The molecule has 0 aliphatic rings. The van der Waals surface area contributed by atoms with Crippen molar-refractivity contribution in [2.24, 2.45) is 11.8 Å². The van der Waals surface area contributed by atoms with Crippen LogP contribution < -0.4 is 16.0 Å². The van der Waals surface area contributed by atoms with Crippen molar-refractivity contribution in [1.82, 2.24) is 10.6 Å². The number of carbonyl (C=O) groups excluding carboxylic acids is 1. The van der Waals surface area contributed by atoms with Gasteiger partial charge in [0, 0.05) is 18.3 Å². The van der Waals surface area contributed by atoms with E-state index in [4.69, 9.17) is 0 Å². The number of benzene rings is 1. The summed E-state index contributed by atoms with van der Waals surface area (Å²) in [5.41, 5.74) is 2.01. The third kappa shape index (κ3) is 5.21. The second-order valence-corrected chi connectivity index (χ2v) is 5.69. The Morgan fingerprint density at radius 1 is 1.10 bits per heavy atom. The molecule has 0 saturated heterocycles. The molecule has 0 aromatic heterocycles. The standard InChI is InChI=1S/C16H27N3O/c1-11(2)12(3)10-18-16(20)19-15-8-6-14(7-9-15)13(4)17-5/h6-9,11-13,17H,10H2,1-5H3,(H2,18,19,20). The fourth-order valence-electron chi connectivity index (χ4n) is 1.69. The van der Waals surface area contributed by atoms with E-state index in [-0.39, 0.29) is 6.03 Å². The number of hydrogen-bond acceptors (Lipinski definition) is 2. The van der Waals surface area contributed by atoms with Crippen molar-refractivity contribution in [3.8, 4) is 0 Å². The van der Waals surface area contributed by atoms with Crippen LogP contribution in [0.3, 0.4) is 0 Å². The van der Waals surface area contributed by atoms with Crippen LogP contribution in [-0.2, 0) is 0 Å². The molecule has 0 saturated carbocycles. The predicted octanol–water partition coefficient (Wildman–Crippen LogP) is 3.38. The molecule has 0 heterocycles. The molecule has 0 radical (unpaired) electrons. The molecule has 4 heteroatoms. The van der Waals surface area contributed by atoms with Crippen LogP contribution in [-0.4, -0.2) is 19.6 Å². The number of anilines is 1. The fraction of sp³-hybridized carbons (Fsp3) is 0.562. The quantitative estimate of drug-likeness (QED) is 0.746. The molecule has 1 aromatic rings. The highest BCUT2D eigenvalue weighted by Gasteiger charge is 2.09. The van der Waals surface area contributed by atoms with Crippen molar-refractivity contribution in [2.45, 2.75) is 33.7 Å². The van der Waals surface area contributed by atoms with Crippen molar-refractivity contribution in [2.75, 3.05) is 18.9 Å². The zero-order chi connectivity index (χ0) is 15.1. The molecule has 112 valence electrons. The van der Waals surface area contributed by atoms with Gasteiger partial charge >= 0.3 is 6.03 Å². The van der Waals surface area contributed by atoms with E-state index >= 15 is 0 Å². The van der Waals surface area contributed by atoms with Crippen molar-refractivity contribution < 1.29 is 4.79 Å². The van der Waals surface area contributed by atoms with Gasteiger partial charge in [0.25, 0.3) is 0 Å². The number of nitrogens with one attached hydrogen (secondary N) is 3. The van der Waals surface area contributed by atoms with Gasteiger partial charge in [-0.15, -0.1) is 0 Å². The Hall–Kier alpha value is -1.55. The zero-order valence-corrected chi connectivity index (χ0v) is 13.2. The maximum atomic E-state index is 11.8. The minimum atomic E-state index is -0.146. The Labute approximate surface area is 122 Å². The van der Waals surface area contributed by atoms with Gasteiger partial charge in [0.1, 0.15) is 0 Å². The van der Waals surface area contributed by atoms with E-state index in [2.05, 4.69) is 43.6 Å². The first-order valence-electron chi connectivity index (χ1n) is 7.26. The Morgan fingerprint density at radius 2 is 1.70 bits per heavy atom. The van der Waals surface area contributed by atoms with Crippen LogP contribution in [0.25, 0.3) is 0 Å². The number of amides is 2. The molecule has 0 fully saturated rings. The van der Waals surface area contributed by atoms with E-state index < -0.39 is 0 Å². The molecular weight excluding hydrogens is 250 g/mol. The van der Waals surface area contributed by atoms with Gasteiger partial charge < -0.3 is 16.0 Å². The van der Waals surface area contributed by atoms with Crippen LogP contribution in [0.5, 0.6) is 0 Å². The first-order valence-corrected chi connectivity index (χ1v) is 7.26. The zero-order valence-electron chi connectivity index (χ0n) is 13.2. The highest BCUT2D eigenvalue weighted by Crippen LogP contribution is 2.15. The summed E-state index contributed by atoms with van der Waals surface area (Å²) in [6.07, 6.45) is 0. The van der Waals surface area contributed by atoms with E-state index in [1.807, 2.05) is 31.3 Å². The number of urea groups is 1. The molecule has 0 aliphatic heterocycles. The highest BCUT2D eigenvalue weighted by atomic mass is 16.2. The van der Waals surface area contributed by atoms with Gasteiger partial charge in [0.05, 0.1) is 0 Å². The molecule has 0 spiro atoms. The summed E-state index contributed by atoms with van der Waals surface area (Å²) in [4.78, 5) is 11.8. The SMILES string of the molecule is CNC(C)c1ccc(NC(=O)NCC(C)C(C)C)cc1. The van der Waals surface area contributed by atoms with Crippen LogP contribution in [0.4, 0.5) is 10.5 Å². The van der Waals surface area contributed by atoms with Crippen molar-refractivity contribution in [3.05, 3.63) is 29.8 Å². The van der Waals surface area contributed by atoms with Crippen molar-refractivity contribution in [1.29, 1.82) is 0 Å². The second-order valence-electron chi connectivity index (χ2n) is 5.69. The average Bonchev–Trinajstić information content (AvgIpc) is 2.44.